The van der Waals surface area contributed by atoms with Crippen molar-refractivity contribution in [1.29, 1.82) is 0 Å². The van der Waals surface area contributed by atoms with E-state index >= 15 is 0 Å². The fourth-order valence-electron chi connectivity index (χ4n) is 3.70. The fourth-order valence-corrected chi connectivity index (χ4v) is 3.70. The zero-order valence-electron chi connectivity index (χ0n) is 13.2. The first-order valence-electron chi connectivity index (χ1n) is 8.42. The Morgan fingerprint density at radius 2 is 1.95 bits per heavy atom. The van der Waals surface area contributed by atoms with Gasteiger partial charge in [0.1, 0.15) is 0 Å². The highest BCUT2D eigenvalue weighted by Crippen LogP contribution is 2.20. The molecule has 3 atom stereocenters. The van der Waals surface area contributed by atoms with Crippen molar-refractivity contribution in [2.45, 2.75) is 70.5 Å². The Balaban J connectivity index is 1.81. The van der Waals surface area contributed by atoms with E-state index in [9.17, 15) is 0 Å². The fraction of sp³-hybridized carbons (Fsp3) is 1.00. The topological polar surface area (TPSA) is 18.5 Å². The van der Waals surface area contributed by atoms with E-state index in [0.717, 1.165) is 12.1 Å². The number of rotatable bonds is 5. The zero-order chi connectivity index (χ0) is 13.7. The first-order chi connectivity index (χ1) is 9.24. The molecule has 3 heteroatoms. The van der Waals surface area contributed by atoms with Crippen molar-refractivity contribution in [3.63, 3.8) is 0 Å². The van der Waals surface area contributed by atoms with Crippen molar-refractivity contribution in [2.24, 2.45) is 0 Å². The number of nitrogens with one attached hydrogen (secondary N) is 1. The maximum atomic E-state index is 3.69. The Morgan fingerprint density at radius 1 is 1.11 bits per heavy atom. The number of likely N-dealkylation sites (tertiary alicyclic amines) is 1. The van der Waals surface area contributed by atoms with Crippen molar-refractivity contribution < 1.29 is 0 Å². The largest absolute Gasteiger partial charge is 0.311 e. The highest BCUT2D eigenvalue weighted by Gasteiger charge is 2.27. The number of hydrogen-bond donors (Lipinski definition) is 1. The Hall–Kier alpha value is -0.120. The number of piperidine rings is 1. The number of piperazine rings is 1. The molecule has 0 saturated carbocycles. The molecular weight excluding hydrogens is 234 g/mol. The van der Waals surface area contributed by atoms with Gasteiger partial charge in [0, 0.05) is 37.8 Å². The normalized spacial score (nSPS) is 34.6. The molecule has 2 saturated heterocycles. The van der Waals surface area contributed by atoms with Crippen LogP contribution in [-0.2, 0) is 0 Å². The van der Waals surface area contributed by atoms with Crippen LogP contribution in [0.3, 0.4) is 0 Å². The SMILES string of the molecule is CCC1CN(CCC2CCCCN2C)C(CC)CN1. The van der Waals surface area contributed by atoms with Gasteiger partial charge in [-0.15, -0.1) is 0 Å². The molecule has 19 heavy (non-hydrogen) atoms. The van der Waals surface area contributed by atoms with Gasteiger partial charge < -0.3 is 10.2 Å². The third kappa shape index (κ3) is 4.17. The lowest BCUT2D eigenvalue weighted by Crippen LogP contribution is -2.56. The summed E-state index contributed by atoms with van der Waals surface area (Å²) in [7, 11) is 2.31. The van der Waals surface area contributed by atoms with Gasteiger partial charge in [0.25, 0.3) is 0 Å². The Labute approximate surface area is 119 Å². The molecule has 3 nitrogen and oxygen atoms in total. The summed E-state index contributed by atoms with van der Waals surface area (Å²) in [5.74, 6) is 0. The molecule has 2 heterocycles. The summed E-state index contributed by atoms with van der Waals surface area (Å²) in [6, 6.07) is 2.31. The van der Waals surface area contributed by atoms with E-state index in [2.05, 4.69) is 36.0 Å². The van der Waals surface area contributed by atoms with Crippen LogP contribution in [-0.4, -0.2) is 61.2 Å². The summed E-state index contributed by atoms with van der Waals surface area (Å²) in [4.78, 5) is 5.34. The quantitative estimate of drug-likeness (QED) is 0.825. The minimum absolute atomic E-state index is 0.715. The second-order valence-electron chi connectivity index (χ2n) is 6.49. The molecule has 0 aromatic rings. The average Bonchev–Trinajstić information content (AvgIpc) is 2.46. The van der Waals surface area contributed by atoms with Gasteiger partial charge in [-0.2, -0.15) is 0 Å². The van der Waals surface area contributed by atoms with Gasteiger partial charge in [0.05, 0.1) is 0 Å². The minimum atomic E-state index is 0.715. The summed E-state index contributed by atoms with van der Waals surface area (Å²) >= 11 is 0. The monoisotopic (exact) mass is 267 g/mol. The highest BCUT2D eigenvalue weighted by atomic mass is 15.2. The number of hydrogen-bond acceptors (Lipinski definition) is 3. The van der Waals surface area contributed by atoms with Crippen LogP contribution in [0.25, 0.3) is 0 Å². The van der Waals surface area contributed by atoms with Gasteiger partial charge >= 0.3 is 0 Å². The average molecular weight is 267 g/mol. The first kappa shape index (κ1) is 15.3. The minimum Gasteiger partial charge on any atom is -0.311 e. The van der Waals surface area contributed by atoms with Crippen LogP contribution in [0.1, 0.15) is 52.4 Å². The molecule has 0 aromatic carbocycles. The van der Waals surface area contributed by atoms with E-state index in [1.807, 2.05) is 0 Å². The molecule has 2 aliphatic heterocycles. The van der Waals surface area contributed by atoms with E-state index in [1.165, 1.54) is 64.7 Å². The molecule has 0 bridgehead atoms. The molecule has 0 aromatic heterocycles. The van der Waals surface area contributed by atoms with Crippen LogP contribution in [0.2, 0.25) is 0 Å². The van der Waals surface area contributed by atoms with E-state index in [0.29, 0.717) is 6.04 Å². The van der Waals surface area contributed by atoms with Crippen LogP contribution in [0.5, 0.6) is 0 Å². The number of nitrogens with zero attached hydrogens (tertiary/aromatic N) is 2. The molecular formula is C16H33N3. The molecule has 112 valence electrons. The van der Waals surface area contributed by atoms with Crippen LogP contribution in [0.4, 0.5) is 0 Å². The third-order valence-electron chi connectivity index (χ3n) is 5.25. The maximum Gasteiger partial charge on any atom is 0.0218 e. The second-order valence-corrected chi connectivity index (χ2v) is 6.49. The summed E-state index contributed by atoms with van der Waals surface area (Å²) in [6.45, 7) is 9.68. The van der Waals surface area contributed by atoms with E-state index in [-0.39, 0.29) is 0 Å². The Kier molecular flexibility index (Phi) is 6.11. The van der Waals surface area contributed by atoms with E-state index < -0.39 is 0 Å². The molecule has 2 rings (SSSR count). The summed E-state index contributed by atoms with van der Waals surface area (Å²) in [6.07, 6.45) is 8.15. The predicted octanol–water partition coefficient (Wildman–Crippen LogP) is 2.32. The smallest absolute Gasteiger partial charge is 0.0218 e. The van der Waals surface area contributed by atoms with Gasteiger partial charge in [0.2, 0.25) is 0 Å². The van der Waals surface area contributed by atoms with Crippen molar-refractivity contribution in [2.75, 3.05) is 33.2 Å². The van der Waals surface area contributed by atoms with Gasteiger partial charge in [-0.25, -0.2) is 0 Å². The summed E-state index contributed by atoms with van der Waals surface area (Å²) in [5, 5.41) is 3.69. The lowest BCUT2D eigenvalue weighted by atomic mass is 9.98. The Morgan fingerprint density at radius 3 is 2.63 bits per heavy atom. The Bertz CT molecular complexity index is 256. The standard InChI is InChI=1S/C16H33N3/c1-4-14-13-19(15(5-2)12-17-14)11-9-16-8-6-7-10-18(16)3/h14-17H,4-13H2,1-3H3. The highest BCUT2D eigenvalue weighted by molar-refractivity contribution is 4.86. The van der Waals surface area contributed by atoms with Gasteiger partial charge in [-0.3, -0.25) is 4.90 Å². The van der Waals surface area contributed by atoms with Crippen LogP contribution in [0, 0.1) is 0 Å². The van der Waals surface area contributed by atoms with Crippen molar-refractivity contribution in [3.05, 3.63) is 0 Å². The molecule has 2 fully saturated rings. The molecule has 0 amide bonds. The molecule has 0 radical (unpaired) electrons. The van der Waals surface area contributed by atoms with E-state index in [1.54, 1.807) is 0 Å². The molecule has 3 unspecified atom stereocenters. The lowest BCUT2D eigenvalue weighted by Gasteiger charge is -2.41. The van der Waals surface area contributed by atoms with Gasteiger partial charge in [0.15, 0.2) is 0 Å². The summed E-state index contributed by atoms with van der Waals surface area (Å²) < 4.78 is 0. The van der Waals surface area contributed by atoms with Crippen LogP contribution >= 0.6 is 0 Å². The predicted molar refractivity (Wildman–Crippen MR) is 82.6 cm³/mol. The lowest BCUT2D eigenvalue weighted by molar-refractivity contribution is 0.0987. The van der Waals surface area contributed by atoms with Crippen molar-refractivity contribution in [3.8, 4) is 0 Å². The van der Waals surface area contributed by atoms with Crippen LogP contribution in [0.15, 0.2) is 0 Å². The molecule has 1 N–H and O–H groups in total. The maximum absolute atomic E-state index is 3.69. The zero-order valence-corrected chi connectivity index (χ0v) is 13.2. The third-order valence-corrected chi connectivity index (χ3v) is 5.25. The molecule has 2 aliphatic rings. The van der Waals surface area contributed by atoms with E-state index in [4.69, 9.17) is 0 Å². The summed E-state index contributed by atoms with van der Waals surface area (Å²) in [5.41, 5.74) is 0. The molecule has 0 aliphatic carbocycles. The van der Waals surface area contributed by atoms with Gasteiger partial charge in [-0.1, -0.05) is 20.3 Å². The van der Waals surface area contributed by atoms with Gasteiger partial charge in [-0.05, 0) is 45.7 Å². The first-order valence-corrected chi connectivity index (χ1v) is 8.42. The van der Waals surface area contributed by atoms with Crippen molar-refractivity contribution in [1.82, 2.24) is 15.1 Å². The van der Waals surface area contributed by atoms with Crippen molar-refractivity contribution >= 4 is 0 Å². The molecule has 0 spiro atoms. The second kappa shape index (κ2) is 7.61. The van der Waals surface area contributed by atoms with Crippen LogP contribution < -0.4 is 5.32 Å².